The maximum absolute atomic E-state index is 3.72. The van der Waals surface area contributed by atoms with Crippen molar-refractivity contribution >= 4 is 0 Å². The third-order valence-corrected chi connectivity index (χ3v) is 0.455. The molecule has 1 heterocycles. The molecule has 0 aromatic carbocycles. The molecule has 1 aromatic rings. The van der Waals surface area contributed by atoms with Crippen molar-refractivity contribution in [3.8, 4) is 0 Å². The normalized spacial score (nSPS) is 5.75. The Bertz CT molecular complexity index is 65.0. The van der Waals surface area contributed by atoms with Gasteiger partial charge < -0.3 is 4.98 Å². The Morgan fingerprint density at radius 3 is 1.50 bits per heavy atom. The molecule has 2 heteroatoms. The quantitative estimate of drug-likeness (QED) is 0.599. The largest absolute Gasteiger partial charge is 0.670 e. The fraction of sp³-hybridized carbons (Fsp3) is 0.333. The van der Waals surface area contributed by atoms with Crippen molar-refractivity contribution in [2.24, 2.45) is 0 Å². The van der Waals surface area contributed by atoms with E-state index in [1.165, 1.54) is 0 Å². The summed E-state index contributed by atoms with van der Waals surface area (Å²) < 4.78 is 0. The van der Waals surface area contributed by atoms with E-state index in [0.717, 1.165) is 0 Å². The van der Waals surface area contributed by atoms with Crippen molar-refractivity contribution < 1.29 is 32.7 Å². The molecular weight excluding hydrogens is 175 g/mol. The topological polar surface area (TPSA) is 14.1 Å². The summed E-state index contributed by atoms with van der Waals surface area (Å²) in [6, 6.07) is 3.78. The zero-order valence-electron chi connectivity index (χ0n) is 5.33. The molecule has 0 atom stereocenters. The molecule has 1 nitrogen and oxygen atoms in total. The van der Waals surface area contributed by atoms with Gasteiger partial charge in [-0.25, -0.2) is 0 Å². The molecule has 0 N–H and O–H groups in total. The molecule has 0 amide bonds. The van der Waals surface area contributed by atoms with Gasteiger partial charge in [0.2, 0.25) is 0 Å². The van der Waals surface area contributed by atoms with Crippen LogP contribution in [0.3, 0.4) is 0 Å². The molecule has 1 aromatic heterocycles. The number of aromatic nitrogens is 1. The Morgan fingerprint density at radius 2 is 1.38 bits per heavy atom. The first-order valence-electron chi connectivity index (χ1n) is 2.52. The second-order valence-electron chi connectivity index (χ2n) is 0.832. The van der Waals surface area contributed by atoms with Crippen LogP contribution in [0.5, 0.6) is 0 Å². The van der Waals surface area contributed by atoms with E-state index in [1.807, 2.05) is 26.0 Å². The molecule has 0 aliphatic heterocycles. The van der Waals surface area contributed by atoms with E-state index in [0.29, 0.717) is 0 Å². The third-order valence-electron chi connectivity index (χ3n) is 0.455. The summed E-state index contributed by atoms with van der Waals surface area (Å²) in [5, 5.41) is 0. The number of nitrogens with zero attached hydrogens (tertiary/aromatic N) is 1. The fourth-order valence-corrected chi connectivity index (χ4v) is 0.248. The van der Waals surface area contributed by atoms with Gasteiger partial charge in [-0.3, -0.25) is 0 Å². The van der Waals surface area contributed by atoms with Gasteiger partial charge in [-0.05, 0) is 0 Å². The molecule has 1 radical (unpaired) electrons. The maximum atomic E-state index is 3.72. The van der Waals surface area contributed by atoms with Crippen molar-refractivity contribution in [3.05, 3.63) is 24.5 Å². The molecular formula is C6H10NY-. The number of hydrogen-bond acceptors (Lipinski definition) is 0. The summed E-state index contributed by atoms with van der Waals surface area (Å²) in [5.41, 5.74) is 0. The van der Waals surface area contributed by atoms with Gasteiger partial charge in [0.25, 0.3) is 0 Å². The fourth-order valence-electron chi connectivity index (χ4n) is 0.248. The summed E-state index contributed by atoms with van der Waals surface area (Å²) in [6.45, 7) is 4.00. The SMILES string of the molecule is CC.[Y].c1cc[n-]c1. The van der Waals surface area contributed by atoms with Crippen LogP contribution in [0.2, 0.25) is 0 Å². The summed E-state index contributed by atoms with van der Waals surface area (Å²) in [7, 11) is 0. The minimum Gasteiger partial charge on any atom is -0.670 e. The van der Waals surface area contributed by atoms with Crippen LogP contribution >= 0.6 is 0 Å². The second-order valence-corrected chi connectivity index (χ2v) is 0.832. The van der Waals surface area contributed by atoms with Crippen LogP contribution in [0.4, 0.5) is 0 Å². The monoisotopic (exact) mass is 185 g/mol. The molecule has 43 valence electrons. The average Bonchev–Trinajstić information content (AvgIpc) is 2.23. The van der Waals surface area contributed by atoms with Gasteiger partial charge in [-0.1, -0.05) is 26.0 Å². The van der Waals surface area contributed by atoms with Crippen molar-refractivity contribution in [1.82, 2.24) is 4.98 Å². The molecule has 0 fully saturated rings. The smallest absolute Gasteiger partial charge is 0 e. The Hall–Kier alpha value is 0.384. The van der Waals surface area contributed by atoms with E-state index in [9.17, 15) is 0 Å². The molecule has 0 unspecified atom stereocenters. The van der Waals surface area contributed by atoms with Gasteiger partial charge in [0.05, 0.1) is 0 Å². The molecule has 0 spiro atoms. The first kappa shape index (κ1) is 11.2. The van der Waals surface area contributed by atoms with Crippen molar-refractivity contribution in [2.45, 2.75) is 13.8 Å². The van der Waals surface area contributed by atoms with Crippen molar-refractivity contribution in [3.63, 3.8) is 0 Å². The number of hydrogen-bond donors (Lipinski definition) is 0. The van der Waals surface area contributed by atoms with Crippen LogP contribution in [-0.4, -0.2) is 0 Å². The van der Waals surface area contributed by atoms with Gasteiger partial charge in [-0.15, -0.1) is 0 Å². The Labute approximate surface area is 75.8 Å². The average molecular weight is 185 g/mol. The predicted molar refractivity (Wildman–Crippen MR) is 31.1 cm³/mol. The van der Waals surface area contributed by atoms with E-state index in [-0.39, 0.29) is 32.7 Å². The summed E-state index contributed by atoms with van der Waals surface area (Å²) in [4.78, 5) is 3.72. The molecule has 0 saturated carbocycles. The predicted octanol–water partition coefficient (Wildman–Crippen LogP) is 1.67. The van der Waals surface area contributed by atoms with Crippen molar-refractivity contribution in [2.75, 3.05) is 0 Å². The van der Waals surface area contributed by atoms with E-state index in [4.69, 9.17) is 0 Å². The Kier molecular flexibility index (Phi) is 14.6. The molecule has 1 rings (SSSR count). The molecule has 8 heavy (non-hydrogen) atoms. The van der Waals surface area contributed by atoms with E-state index in [1.54, 1.807) is 12.4 Å². The minimum absolute atomic E-state index is 0. The van der Waals surface area contributed by atoms with E-state index >= 15 is 0 Å². The van der Waals surface area contributed by atoms with Gasteiger partial charge in [0.1, 0.15) is 0 Å². The summed E-state index contributed by atoms with van der Waals surface area (Å²) in [6.07, 6.45) is 3.50. The van der Waals surface area contributed by atoms with Crippen LogP contribution in [0, 0.1) is 0 Å². The number of rotatable bonds is 0. The third kappa shape index (κ3) is 6.38. The van der Waals surface area contributed by atoms with Crippen LogP contribution in [0.25, 0.3) is 0 Å². The van der Waals surface area contributed by atoms with Crippen LogP contribution in [0.1, 0.15) is 13.8 Å². The van der Waals surface area contributed by atoms with E-state index in [2.05, 4.69) is 4.98 Å². The zero-order chi connectivity index (χ0) is 5.54. The van der Waals surface area contributed by atoms with Crippen LogP contribution in [-0.2, 0) is 32.7 Å². The van der Waals surface area contributed by atoms with Gasteiger partial charge in [0, 0.05) is 32.7 Å². The maximum Gasteiger partial charge on any atom is 0 e. The molecule has 0 aliphatic rings. The van der Waals surface area contributed by atoms with Crippen molar-refractivity contribution in [1.29, 1.82) is 0 Å². The van der Waals surface area contributed by atoms with Crippen LogP contribution < -0.4 is 4.98 Å². The Morgan fingerprint density at radius 1 is 1.00 bits per heavy atom. The Balaban J connectivity index is 0. The van der Waals surface area contributed by atoms with Gasteiger partial charge in [0.15, 0.2) is 0 Å². The minimum atomic E-state index is 0. The molecule has 0 saturated heterocycles. The molecule has 0 aliphatic carbocycles. The van der Waals surface area contributed by atoms with Crippen LogP contribution in [0.15, 0.2) is 24.5 Å². The summed E-state index contributed by atoms with van der Waals surface area (Å²) >= 11 is 0. The molecule has 0 bridgehead atoms. The van der Waals surface area contributed by atoms with E-state index < -0.39 is 0 Å². The van der Waals surface area contributed by atoms with Gasteiger partial charge in [-0.2, -0.15) is 12.4 Å². The second kappa shape index (κ2) is 10.4. The van der Waals surface area contributed by atoms with Gasteiger partial charge >= 0.3 is 0 Å². The first-order chi connectivity index (χ1) is 3.50. The zero-order valence-corrected chi connectivity index (χ0v) is 8.17. The summed E-state index contributed by atoms with van der Waals surface area (Å²) in [5.74, 6) is 0. The first-order valence-corrected chi connectivity index (χ1v) is 2.52. The standard InChI is InChI=1S/C4H4N.C2H6.Y/c1-2-4-5-3-1;1-2;/h1-4H;1-2H3;/q-1;;.